The van der Waals surface area contributed by atoms with E-state index < -0.39 is 0 Å². The molecule has 2 N–H and O–H groups in total. The van der Waals surface area contributed by atoms with E-state index in [0.717, 1.165) is 18.6 Å². The molecule has 1 aromatic carbocycles. The third-order valence-corrected chi connectivity index (χ3v) is 3.66. The van der Waals surface area contributed by atoms with Crippen molar-refractivity contribution in [2.24, 2.45) is 5.73 Å². The molecule has 2 nitrogen and oxygen atoms in total. The molecule has 1 fully saturated rings. The van der Waals surface area contributed by atoms with Crippen LogP contribution in [-0.2, 0) is 5.54 Å². The Bertz CT molecular complexity index is 380. The molecule has 0 amide bonds. The van der Waals surface area contributed by atoms with Crippen molar-refractivity contribution in [3.05, 3.63) is 28.8 Å². The lowest BCUT2D eigenvalue weighted by molar-refractivity contribution is 0.243. The highest BCUT2D eigenvalue weighted by Gasteiger charge is 2.37. The van der Waals surface area contributed by atoms with E-state index in [0.29, 0.717) is 0 Å². The number of hydrogen-bond donors (Lipinski definition) is 1. The Morgan fingerprint density at radius 1 is 1.27 bits per heavy atom. The van der Waals surface area contributed by atoms with Crippen molar-refractivity contribution in [1.82, 2.24) is 0 Å². The standard InChI is InChI=1S/C13H19NO/c1-9-5-6-11(12(15-3)10(9)2)13(14)7-4-8-13/h5-6H,4,7-8,14H2,1-3H3. The minimum absolute atomic E-state index is 0.135. The Kier molecular flexibility index (Phi) is 2.47. The van der Waals surface area contributed by atoms with Gasteiger partial charge in [-0.15, -0.1) is 0 Å². The second kappa shape index (κ2) is 3.53. The maximum atomic E-state index is 6.34. The summed E-state index contributed by atoms with van der Waals surface area (Å²) >= 11 is 0. The molecule has 2 heteroatoms. The van der Waals surface area contributed by atoms with Gasteiger partial charge < -0.3 is 10.5 Å². The lowest BCUT2D eigenvalue weighted by Gasteiger charge is -2.39. The average Bonchev–Trinajstić information content (AvgIpc) is 2.18. The van der Waals surface area contributed by atoms with Crippen LogP contribution in [0.3, 0.4) is 0 Å². The maximum Gasteiger partial charge on any atom is 0.127 e. The van der Waals surface area contributed by atoms with Crippen molar-refractivity contribution >= 4 is 0 Å². The quantitative estimate of drug-likeness (QED) is 0.805. The lowest BCUT2D eigenvalue weighted by atomic mass is 9.72. The smallest absolute Gasteiger partial charge is 0.127 e. The van der Waals surface area contributed by atoms with Gasteiger partial charge in [0, 0.05) is 11.1 Å². The molecule has 0 spiro atoms. The molecule has 1 aliphatic carbocycles. The topological polar surface area (TPSA) is 35.2 Å². The number of benzene rings is 1. The van der Waals surface area contributed by atoms with E-state index in [-0.39, 0.29) is 5.54 Å². The molecule has 1 aromatic rings. The van der Waals surface area contributed by atoms with E-state index >= 15 is 0 Å². The normalized spacial score (nSPS) is 18.4. The van der Waals surface area contributed by atoms with E-state index in [1.807, 2.05) is 0 Å². The van der Waals surface area contributed by atoms with Gasteiger partial charge in [-0.05, 0) is 44.2 Å². The van der Waals surface area contributed by atoms with Crippen molar-refractivity contribution in [1.29, 1.82) is 0 Å². The van der Waals surface area contributed by atoms with Gasteiger partial charge in [0.05, 0.1) is 7.11 Å². The summed E-state index contributed by atoms with van der Waals surface area (Å²) in [6, 6.07) is 4.26. The second-order valence-electron chi connectivity index (χ2n) is 4.60. The Morgan fingerprint density at radius 2 is 1.93 bits per heavy atom. The summed E-state index contributed by atoms with van der Waals surface area (Å²) in [4.78, 5) is 0. The summed E-state index contributed by atoms with van der Waals surface area (Å²) in [5.41, 5.74) is 9.86. The highest BCUT2D eigenvalue weighted by atomic mass is 16.5. The van der Waals surface area contributed by atoms with Gasteiger partial charge >= 0.3 is 0 Å². The fourth-order valence-corrected chi connectivity index (χ4v) is 2.27. The van der Waals surface area contributed by atoms with Crippen LogP contribution in [0.2, 0.25) is 0 Å². The van der Waals surface area contributed by atoms with E-state index in [1.54, 1.807) is 7.11 Å². The van der Waals surface area contributed by atoms with Crippen LogP contribution in [0.1, 0.15) is 36.0 Å². The van der Waals surface area contributed by atoms with Crippen LogP contribution in [0.15, 0.2) is 12.1 Å². The first kappa shape index (κ1) is 10.5. The first-order valence-electron chi connectivity index (χ1n) is 5.52. The molecular formula is C13H19NO. The van der Waals surface area contributed by atoms with Gasteiger partial charge in [0.2, 0.25) is 0 Å². The average molecular weight is 205 g/mol. The molecule has 1 aliphatic rings. The molecule has 0 bridgehead atoms. The van der Waals surface area contributed by atoms with Gasteiger partial charge in [0.25, 0.3) is 0 Å². The predicted molar refractivity (Wildman–Crippen MR) is 62.2 cm³/mol. The molecule has 0 aromatic heterocycles. The first-order chi connectivity index (χ1) is 7.08. The second-order valence-corrected chi connectivity index (χ2v) is 4.60. The van der Waals surface area contributed by atoms with Crippen LogP contribution >= 0.6 is 0 Å². The Balaban J connectivity index is 2.52. The van der Waals surface area contributed by atoms with Crippen LogP contribution in [-0.4, -0.2) is 7.11 Å². The molecule has 0 radical (unpaired) electrons. The Labute approximate surface area is 91.4 Å². The molecule has 0 heterocycles. The van der Waals surface area contributed by atoms with E-state index in [4.69, 9.17) is 10.5 Å². The summed E-state index contributed by atoms with van der Waals surface area (Å²) in [5, 5.41) is 0. The zero-order valence-corrected chi connectivity index (χ0v) is 9.76. The molecule has 2 rings (SSSR count). The number of hydrogen-bond acceptors (Lipinski definition) is 2. The molecule has 0 unspecified atom stereocenters. The zero-order chi connectivity index (χ0) is 11.1. The van der Waals surface area contributed by atoms with Crippen molar-refractivity contribution in [2.75, 3.05) is 7.11 Å². The van der Waals surface area contributed by atoms with Crippen LogP contribution in [0.5, 0.6) is 5.75 Å². The van der Waals surface area contributed by atoms with E-state index in [9.17, 15) is 0 Å². The summed E-state index contributed by atoms with van der Waals surface area (Å²) in [6.45, 7) is 4.20. The Morgan fingerprint density at radius 3 is 2.40 bits per heavy atom. The fourth-order valence-electron chi connectivity index (χ4n) is 2.27. The summed E-state index contributed by atoms with van der Waals surface area (Å²) < 4.78 is 5.50. The highest BCUT2D eigenvalue weighted by molar-refractivity contribution is 5.49. The molecule has 0 aliphatic heterocycles. The van der Waals surface area contributed by atoms with Gasteiger partial charge in [-0.3, -0.25) is 0 Å². The summed E-state index contributed by atoms with van der Waals surface area (Å²) in [5.74, 6) is 0.984. The summed E-state index contributed by atoms with van der Waals surface area (Å²) in [7, 11) is 1.73. The van der Waals surface area contributed by atoms with Crippen LogP contribution in [0, 0.1) is 13.8 Å². The number of ether oxygens (including phenoxy) is 1. The molecule has 1 saturated carbocycles. The van der Waals surface area contributed by atoms with E-state index in [2.05, 4.69) is 26.0 Å². The highest BCUT2D eigenvalue weighted by Crippen LogP contribution is 2.44. The van der Waals surface area contributed by atoms with Gasteiger partial charge in [0.15, 0.2) is 0 Å². The number of methoxy groups -OCH3 is 1. The van der Waals surface area contributed by atoms with E-state index in [1.165, 1.54) is 23.1 Å². The van der Waals surface area contributed by atoms with Crippen molar-refractivity contribution in [3.8, 4) is 5.75 Å². The van der Waals surface area contributed by atoms with Gasteiger partial charge in [0.1, 0.15) is 5.75 Å². The van der Waals surface area contributed by atoms with Crippen molar-refractivity contribution < 1.29 is 4.74 Å². The van der Waals surface area contributed by atoms with Crippen molar-refractivity contribution in [3.63, 3.8) is 0 Å². The number of nitrogens with two attached hydrogens (primary N) is 1. The molecule has 0 atom stereocenters. The largest absolute Gasteiger partial charge is 0.496 e. The van der Waals surface area contributed by atoms with Gasteiger partial charge in [-0.2, -0.15) is 0 Å². The minimum Gasteiger partial charge on any atom is -0.496 e. The fraction of sp³-hybridized carbons (Fsp3) is 0.538. The van der Waals surface area contributed by atoms with Crippen molar-refractivity contribution in [2.45, 2.75) is 38.6 Å². The molecule has 0 saturated heterocycles. The van der Waals surface area contributed by atoms with Crippen LogP contribution in [0.25, 0.3) is 0 Å². The molecule has 15 heavy (non-hydrogen) atoms. The predicted octanol–water partition coefficient (Wildman–Crippen LogP) is 2.65. The third-order valence-electron chi connectivity index (χ3n) is 3.66. The Hall–Kier alpha value is -1.02. The SMILES string of the molecule is COc1c(C2(N)CCC2)ccc(C)c1C. The monoisotopic (exact) mass is 205 g/mol. The van der Waals surface area contributed by atoms with Crippen LogP contribution in [0.4, 0.5) is 0 Å². The molecule has 82 valence electrons. The maximum absolute atomic E-state index is 6.34. The number of rotatable bonds is 2. The minimum atomic E-state index is -0.135. The number of aryl methyl sites for hydroxylation is 1. The zero-order valence-electron chi connectivity index (χ0n) is 9.76. The van der Waals surface area contributed by atoms with Gasteiger partial charge in [-0.25, -0.2) is 0 Å². The van der Waals surface area contributed by atoms with Crippen LogP contribution < -0.4 is 10.5 Å². The lowest BCUT2D eigenvalue weighted by Crippen LogP contribution is -2.43. The molecular weight excluding hydrogens is 186 g/mol. The first-order valence-corrected chi connectivity index (χ1v) is 5.52. The summed E-state index contributed by atoms with van der Waals surface area (Å²) in [6.07, 6.45) is 3.38. The third kappa shape index (κ3) is 1.53. The van der Waals surface area contributed by atoms with Gasteiger partial charge in [-0.1, -0.05) is 12.1 Å².